The number of aromatic nitrogens is 2. The van der Waals surface area contributed by atoms with Gasteiger partial charge < -0.3 is 15.4 Å². The Morgan fingerprint density at radius 3 is 2.78 bits per heavy atom. The summed E-state index contributed by atoms with van der Waals surface area (Å²) in [7, 11) is 1.94. The van der Waals surface area contributed by atoms with Gasteiger partial charge in [0, 0.05) is 37.9 Å². The van der Waals surface area contributed by atoms with Crippen LogP contribution < -0.4 is 10.6 Å². The van der Waals surface area contributed by atoms with Crippen molar-refractivity contribution in [3.8, 4) is 0 Å². The van der Waals surface area contributed by atoms with Crippen LogP contribution in [0.15, 0.2) is 6.20 Å². The molecule has 0 spiro atoms. The maximum absolute atomic E-state index is 11.8. The second-order valence-corrected chi connectivity index (χ2v) is 7.47. The summed E-state index contributed by atoms with van der Waals surface area (Å²) in [6, 6.07) is 0.435. The molecule has 0 bridgehead atoms. The van der Waals surface area contributed by atoms with Gasteiger partial charge in [0.2, 0.25) is 0 Å². The molecule has 1 fully saturated rings. The molecule has 1 aromatic rings. The lowest BCUT2D eigenvalue weighted by atomic mass is 10.0. The maximum Gasteiger partial charge on any atom is 0.407 e. The van der Waals surface area contributed by atoms with Crippen molar-refractivity contribution >= 4 is 6.09 Å². The number of hydrogen-bond donors (Lipinski definition) is 2. The number of nitrogens with zero attached hydrogens (tertiary/aromatic N) is 2. The second kappa shape index (κ2) is 7.34. The molecule has 6 heteroatoms. The Balaban J connectivity index is 1.79. The molecule has 130 valence electrons. The van der Waals surface area contributed by atoms with Gasteiger partial charge in [-0.3, -0.25) is 4.68 Å². The van der Waals surface area contributed by atoms with E-state index in [0.29, 0.717) is 18.5 Å². The van der Waals surface area contributed by atoms with Crippen LogP contribution in [-0.4, -0.2) is 34.1 Å². The summed E-state index contributed by atoms with van der Waals surface area (Å²) in [5, 5.41) is 10.9. The summed E-state index contributed by atoms with van der Waals surface area (Å²) < 4.78 is 7.15. The van der Waals surface area contributed by atoms with E-state index in [1.165, 1.54) is 12.0 Å². The number of nitrogens with one attached hydrogen (secondary N) is 2. The van der Waals surface area contributed by atoms with Crippen LogP contribution in [0.3, 0.4) is 0 Å². The summed E-state index contributed by atoms with van der Waals surface area (Å²) in [6.07, 6.45) is 5.22. The van der Waals surface area contributed by atoms with Gasteiger partial charge in [-0.1, -0.05) is 6.42 Å². The Morgan fingerprint density at radius 2 is 2.17 bits per heavy atom. The molecule has 6 nitrogen and oxygen atoms in total. The minimum Gasteiger partial charge on any atom is -0.444 e. The van der Waals surface area contributed by atoms with E-state index >= 15 is 0 Å². The first kappa shape index (κ1) is 17.8. The molecule has 23 heavy (non-hydrogen) atoms. The van der Waals surface area contributed by atoms with Crippen molar-refractivity contribution in [3.05, 3.63) is 17.5 Å². The first-order chi connectivity index (χ1) is 10.7. The van der Waals surface area contributed by atoms with Gasteiger partial charge in [-0.15, -0.1) is 0 Å². The fourth-order valence-corrected chi connectivity index (χ4v) is 3.14. The molecule has 1 aliphatic rings. The van der Waals surface area contributed by atoms with Crippen molar-refractivity contribution in [3.63, 3.8) is 0 Å². The van der Waals surface area contributed by atoms with E-state index in [4.69, 9.17) is 4.74 Å². The Morgan fingerprint density at radius 1 is 1.43 bits per heavy atom. The molecule has 0 saturated heterocycles. The molecule has 0 radical (unpaired) electrons. The number of amides is 1. The highest BCUT2D eigenvalue weighted by Crippen LogP contribution is 2.25. The van der Waals surface area contributed by atoms with Crippen LogP contribution in [0.1, 0.15) is 51.3 Å². The number of hydrogen-bond acceptors (Lipinski definition) is 4. The smallest absolute Gasteiger partial charge is 0.407 e. The number of rotatable bonds is 5. The monoisotopic (exact) mass is 322 g/mol. The minimum atomic E-state index is -0.449. The Kier molecular flexibility index (Phi) is 5.68. The highest BCUT2D eigenvalue weighted by Gasteiger charge is 2.28. The molecule has 2 N–H and O–H groups in total. The minimum absolute atomic E-state index is 0.328. The van der Waals surface area contributed by atoms with E-state index in [2.05, 4.69) is 21.9 Å². The predicted molar refractivity (Wildman–Crippen MR) is 90.2 cm³/mol. The van der Waals surface area contributed by atoms with Crippen LogP contribution in [0.2, 0.25) is 0 Å². The van der Waals surface area contributed by atoms with Crippen LogP contribution in [0.25, 0.3) is 0 Å². The summed E-state index contributed by atoms with van der Waals surface area (Å²) in [5.41, 5.74) is 1.86. The average molecular weight is 322 g/mol. The van der Waals surface area contributed by atoms with Crippen molar-refractivity contribution in [2.24, 2.45) is 13.0 Å². The van der Waals surface area contributed by atoms with Gasteiger partial charge >= 0.3 is 6.09 Å². The Bertz CT molecular complexity index is 533. The highest BCUT2D eigenvalue weighted by molar-refractivity contribution is 5.67. The molecule has 1 amide bonds. The van der Waals surface area contributed by atoms with E-state index in [1.807, 2.05) is 39.4 Å². The van der Waals surface area contributed by atoms with Crippen molar-refractivity contribution in [2.45, 2.75) is 65.1 Å². The van der Waals surface area contributed by atoms with Crippen LogP contribution >= 0.6 is 0 Å². The largest absolute Gasteiger partial charge is 0.444 e. The molecule has 1 aromatic heterocycles. The summed E-state index contributed by atoms with van der Waals surface area (Å²) in [4.78, 5) is 11.8. The SMILES string of the molecule is Cc1nn(C)cc1CNC1CCCC1CNC(=O)OC(C)(C)C. The first-order valence-electron chi connectivity index (χ1n) is 8.44. The van der Waals surface area contributed by atoms with E-state index in [0.717, 1.165) is 25.1 Å². The topological polar surface area (TPSA) is 68.2 Å². The zero-order valence-electron chi connectivity index (χ0n) is 15.0. The average Bonchev–Trinajstić information content (AvgIpc) is 2.98. The van der Waals surface area contributed by atoms with Gasteiger partial charge in [-0.25, -0.2) is 4.79 Å². The number of aryl methyl sites for hydroxylation is 2. The third kappa shape index (κ3) is 5.53. The maximum atomic E-state index is 11.8. The Labute approximate surface area is 139 Å². The van der Waals surface area contributed by atoms with Crippen LogP contribution in [-0.2, 0) is 18.3 Å². The van der Waals surface area contributed by atoms with Gasteiger partial charge in [0.05, 0.1) is 5.69 Å². The lowest BCUT2D eigenvalue weighted by Gasteiger charge is -2.23. The van der Waals surface area contributed by atoms with E-state index in [-0.39, 0.29) is 6.09 Å². The lowest BCUT2D eigenvalue weighted by Crippen LogP contribution is -2.40. The lowest BCUT2D eigenvalue weighted by molar-refractivity contribution is 0.0517. The third-order valence-electron chi connectivity index (χ3n) is 4.24. The summed E-state index contributed by atoms with van der Waals surface area (Å²) in [5.74, 6) is 0.458. The normalized spacial score (nSPS) is 21.4. The first-order valence-corrected chi connectivity index (χ1v) is 8.44. The molecular formula is C17H30N4O2. The number of ether oxygens (including phenoxy) is 1. The van der Waals surface area contributed by atoms with Gasteiger partial charge in [0.1, 0.15) is 5.60 Å². The van der Waals surface area contributed by atoms with Crippen LogP contribution in [0.5, 0.6) is 0 Å². The van der Waals surface area contributed by atoms with Gasteiger partial charge in [-0.05, 0) is 46.5 Å². The molecule has 2 unspecified atom stereocenters. The highest BCUT2D eigenvalue weighted by atomic mass is 16.6. The van der Waals surface area contributed by atoms with Crippen molar-refractivity contribution in [2.75, 3.05) is 6.54 Å². The summed E-state index contributed by atoms with van der Waals surface area (Å²) in [6.45, 7) is 9.16. The quantitative estimate of drug-likeness (QED) is 0.874. The molecule has 2 rings (SSSR count). The molecule has 0 aromatic carbocycles. The van der Waals surface area contributed by atoms with Crippen molar-refractivity contribution < 1.29 is 9.53 Å². The zero-order chi connectivity index (χ0) is 17.0. The number of carbonyl (C=O) groups excluding carboxylic acids is 1. The predicted octanol–water partition coefficient (Wildman–Crippen LogP) is 2.51. The number of alkyl carbamates (subject to hydrolysis) is 1. The molecule has 1 heterocycles. The van der Waals surface area contributed by atoms with Crippen LogP contribution in [0, 0.1) is 12.8 Å². The molecule has 1 saturated carbocycles. The van der Waals surface area contributed by atoms with Crippen molar-refractivity contribution in [1.29, 1.82) is 0 Å². The molecule has 2 atom stereocenters. The fraction of sp³-hybridized carbons (Fsp3) is 0.765. The van der Waals surface area contributed by atoms with Gasteiger partial charge in [0.15, 0.2) is 0 Å². The standard InChI is InChI=1S/C17H30N4O2/c1-12-14(11-21(5)20-12)10-18-15-8-6-7-13(15)9-19-16(22)23-17(2,3)4/h11,13,15,18H,6-10H2,1-5H3,(H,19,22). The molecular weight excluding hydrogens is 292 g/mol. The van der Waals surface area contributed by atoms with E-state index < -0.39 is 5.60 Å². The zero-order valence-corrected chi connectivity index (χ0v) is 15.0. The van der Waals surface area contributed by atoms with Crippen LogP contribution in [0.4, 0.5) is 4.79 Å². The van der Waals surface area contributed by atoms with E-state index in [1.54, 1.807) is 0 Å². The molecule has 0 aliphatic heterocycles. The second-order valence-electron chi connectivity index (χ2n) is 7.47. The van der Waals surface area contributed by atoms with Gasteiger partial charge in [0.25, 0.3) is 0 Å². The Hall–Kier alpha value is -1.56. The van der Waals surface area contributed by atoms with E-state index in [9.17, 15) is 4.79 Å². The number of carbonyl (C=O) groups is 1. The fourth-order valence-electron chi connectivity index (χ4n) is 3.14. The van der Waals surface area contributed by atoms with Crippen molar-refractivity contribution in [1.82, 2.24) is 20.4 Å². The molecule has 1 aliphatic carbocycles. The third-order valence-corrected chi connectivity index (χ3v) is 4.24. The van der Waals surface area contributed by atoms with Gasteiger partial charge in [-0.2, -0.15) is 5.10 Å². The summed E-state index contributed by atoms with van der Waals surface area (Å²) >= 11 is 0.